The van der Waals surface area contributed by atoms with Crippen molar-refractivity contribution in [2.24, 2.45) is 0 Å². The third-order valence-corrected chi connectivity index (χ3v) is 2.31. The number of hydrogen-bond acceptors (Lipinski definition) is 2. The lowest BCUT2D eigenvalue weighted by Gasteiger charge is -2.39. The second-order valence-corrected chi connectivity index (χ2v) is 3.72. The van der Waals surface area contributed by atoms with Crippen molar-refractivity contribution in [2.75, 3.05) is 6.54 Å². The number of rotatable bonds is 0. The number of carbonyl (C=O) groups is 2. The van der Waals surface area contributed by atoms with E-state index in [2.05, 4.69) is 0 Å². The molecular weight excluding hydrogens is 158 g/mol. The van der Waals surface area contributed by atoms with Gasteiger partial charge in [-0.15, -0.1) is 0 Å². The number of carbonyl (C=O) groups excluding carboxylic acids is 1. The summed E-state index contributed by atoms with van der Waals surface area (Å²) < 4.78 is 0. The van der Waals surface area contributed by atoms with Crippen molar-refractivity contribution in [1.82, 2.24) is 4.90 Å². The first-order valence-corrected chi connectivity index (χ1v) is 3.96. The molecule has 1 aliphatic rings. The van der Waals surface area contributed by atoms with E-state index in [1.54, 1.807) is 0 Å². The number of likely N-dealkylation sites (tertiary alicyclic amines) is 1. The van der Waals surface area contributed by atoms with E-state index in [0.717, 1.165) is 0 Å². The molecule has 1 rings (SSSR count). The van der Waals surface area contributed by atoms with E-state index in [1.165, 1.54) is 4.90 Å². The fraction of sp³-hybridized carbons (Fsp3) is 0.750. The van der Waals surface area contributed by atoms with Crippen molar-refractivity contribution in [2.45, 2.75) is 32.2 Å². The highest BCUT2D eigenvalue weighted by atomic mass is 16.4. The molecule has 4 nitrogen and oxygen atoms in total. The van der Waals surface area contributed by atoms with Crippen LogP contribution in [0.25, 0.3) is 0 Å². The molecule has 4 heteroatoms. The Hall–Kier alpha value is -1.06. The van der Waals surface area contributed by atoms with E-state index in [0.29, 0.717) is 12.8 Å². The first kappa shape index (κ1) is 9.03. The topological polar surface area (TPSA) is 57.6 Å². The number of Topliss-reactive ketones (excluding diaryl/α,β-unsaturated/α-hetero) is 1. The van der Waals surface area contributed by atoms with Crippen molar-refractivity contribution in [3.05, 3.63) is 0 Å². The van der Waals surface area contributed by atoms with Gasteiger partial charge in [0, 0.05) is 12.0 Å². The van der Waals surface area contributed by atoms with E-state index < -0.39 is 6.09 Å². The SMILES string of the molecule is CC1(C)CCC(=O)CN1C(=O)O. The number of hydrogen-bond donors (Lipinski definition) is 1. The van der Waals surface area contributed by atoms with Gasteiger partial charge in [-0.2, -0.15) is 0 Å². The molecule has 68 valence electrons. The molecule has 1 fully saturated rings. The summed E-state index contributed by atoms with van der Waals surface area (Å²) in [7, 11) is 0. The monoisotopic (exact) mass is 171 g/mol. The number of piperidine rings is 1. The van der Waals surface area contributed by atoms with Crippen LogP contribution in [0.4, 0.5) is 4.79 Å². The van der Waals surface area contributed by atoms with Crippen LogP contribution in [0.1, 0.15) is 26.7 Å². The van der Waals surface area contributed by atoms with Gasteiger partial charge in [0.2, 0.25) is 0 Å². The highest BCUT2D eigenvalue weighted by Crippen LogP contribution is 2.25. The molecule has 0 unspecified atom stereocenters. The lowest BCUT2D eigenvalue weighted by atomic mass is 9.90. The Balaban J connectivity index is 2.78. The lowest BCUT2D eigenvalue weighted by molar-refractivity contribution is -0.124. The van der Waals surface area contributed by atoms with Gasteiger partial charge in [0.15, 0.2) is 5.78 Å². The smallest absolute Gasteiger partial charge is 0.408 e. The summed E-state index contributed by atoms with van der Waals surface area (Å²) in [6, 6.07) is 0. The third kappa shape index (κ3) is 1.57. The van der Waals surface area contributed by atoms with E-state index in [9.17, 15) is 9.59 Å². The van der Waals surface area contributed by atoms with Crippen molar-refractivity contribution in [1.29, 1.82) is 0 Å². The predicted molar refractivity (Wildman–Crippen MR) is 43.1 cm³/mol. The molecule has 0 atom stereocenters. The van der Waals surface area contributed by atoms with E-state index >= 15 is 0 Å². The Bertz CT molecular complexity index is 222. The summed E-state index contributed by atoms with van der Waals surface area (Å²) in [6.45, 7) is 3.73. The maximum atomic E-state index is 11.0. The van der Waals surface area contributed by atoms with Crippen LogP contribution in [0.5, 0.6) is 0 Å². The maximum absolute atomic E-state index is 11.0. The van der Waals surface area contributed by atoms with E-state index in [4.69, 9.17) is 5.11 Å². The quantitative estimate of drug-likeness (QED) is 0.594. The summed E-state index contributed by atoms with van der Waals surface area (Å²) in [5.41, 5.74) is -0.389. The molecule has 0 bridgehead atoms. The van der Waals surface area contributed by atoms with E-state index in [-0.39, 0.29) is 17.9 Å². The minimum absolute atomic E-state index is 0.0109. The van der Waals surface area contributed by atoms with Crippen molar-refractivity contribution >= 4 is 11.9 Å². The Labute approximate surface area is 71.2 Å². The van der Waals surface area contributed by atoms with Gasteiger partial charge in [0.1, 0.15) is 0 Å². The summed E-state index contributed by atoms with van der Waals surface area (Å²) in [6.07, 6.45) is 0.114. The van der Waals surface area contributed by atoms with Crippen LogP contribution in [0.2, 0.25) is 0 Å². The average molecular weight is 171 g/mol. The highest BCUT2D eigenvalue weighted by Gasteiger charge is 2.36. The molecule has 0 radical (unpaired) electrons. The van der Waals surface area contributed by atoms with Gasteiger partial charge in [0.25, 0.3) is 0 Å². The molecule has 1 aliphatic heterocycles. The van der Waals surface area contributed by atoms with Gasteiger partial charge < -0.3 is 5.11 Å². The normalized spacial score (nSPS) is 22.5. The predicted octanol–water partition coefficient (Wildman–Crippen LogP) is 1.11. The molecule has 1 saturated heterocycles. The Morgan fingerprint density at radius 2 is 2.17 bits per heavy atom. The van der Waals surface area contributed by atoms with Gasteiger partial charge in [-0.05, 0) is 20.3 Å². The molecule has 0 aromatic heterocycles. The van der Waals surface area contributed by atoms with Crippen LogP contribution in [-0.2, 0) is 4.79 Å². The minimum atomic E-state index is -1.01. The van der Waals surface area contributed by atoms with Crippen LogP contribution in [-0.4, -0.2) is 34.0 Å². The second-order valence-electron chi connectivity index (χ2n) is 3.72. The Morgan fingerprint density at radius 3 is 2.58 bits per heavy atom. The standard InChI is InChI=1S/C8H13NO3/c1-8(2)4-3-6(10)5-9(8)7(11)12/h3-5H2,1-2H3,(H,11,12). The van der Waals surface area contributed by atoms with Gasteiger partial charge in [-0.1, -0.05) is 0 Å². The Morgan fingerprint density at radius 1 is 1.58 bits per heavy atom. The van der Waals surface area contributed by atoms with Gasteiger partial charge >= 0.3 is 6.09 Å². The van der Waals surface area contributed by atoms with Crippen molar-refractivity contribution < 1.29 is 14.7 Å². The highest BCUT2D eigenvalue weighted by molar-refractivity contribution is 5.85. The van der Waals surface area contributed by atoms with Gasteiger partial charge in [0.05, 0.1) is 6.54 Å². The van der Waals surface area contributed by atoms with E-state index in [1.807, 2.05) is 13.8 Å². The van der Waals surface area contributed by atoms with Crippen LogP contribution in [0, 0.1) is 0 Å². The average Bonchev–Trinajstić information content (AvgIpc) is 1.94. The zero-order chi connectivity index (χ0) is 9.35. The first-order chi connectivity index (χ1) is 5.43. The minimum Gasteiger partial charge on any atom is -0.465 e. The summed E-state index contributed by atoms with van der Waals surface area (Å²) in [5.74, 6) is 0.0109. The van der Waals surface area contributed by atoms with Crippen LogP contribution in [0.3, 0.4) is 0 Å². The van der Waals surface area contributed by atoms with Gasteiger partial charge in [-0.3, -0.25) is 9.69 Å². The number of nitrogens with zero attached hydrogens (tertiary/aromatic N) is 1. The molecular formula is C8H13NO3. The molecule has 0 aromatic rings. The van der Waals surface area contributed by atoms with Gasteiger partial charge in [-0.25, -0.2) is 4.79 Å². The summed E-state index contributed by atoms with van der Waals surface area (Å²) in [4.78, 5) is 22.9. The third-order valence-electron chi connectivity index (χ3n) is 2.31. The fourth-order valence-corrected chi connectivity index (χ4v) is 1.38. The van der Waals surface area contributed by atoms with Crippen LogP contribution >= 0.6 is 0 Å². The number of carboxylic acid groups (broad SMARTS) is 1. The number of amides is 1. The van der Waals surface area contributed by atoms with Crippen LogP contribution < -0.4 is 0 Å². The van der Waals surface area contributed by atoms with Crippen molar-refractivity contribution in [3.63, 3.8) is 0 Å². The Kier molecular flexibility index (Phi) is 2.08. The molecule has 1 heterocycles. The molecule has 0 saturated carbocycles. The zero-order valence-electron chi connectivity index (χ0n) is 7.33. The fourth-order valence-electron chi connectivity index (χ4n) is 1.38. The molecule has 1 amide bonds. The molecule has 0 aliphatic carbocycles. The molecule has 0 spiro atoms. The zero-order valence-corrected chi connectivity index (χ0v) is 7.33. The summed E-state index contributed by atoms with van der Waals surface area (Å²) in [5, 5.41) is 8.77. The van der Waals surface area contributed by atoms with Crippen LogP contribution in [0.15, 0.2) is 0 Å². The van der Waals surface area contributed by atoms with Crippen molar-refractivity contribution in [3.8, 4) is 0 Å². The summed E-state index contributed by atoms with van der Waals surface area (Å²) >= 11 is 0. The largest absolute Gasteiger partial charge is 0.465 e. The molecule has 12 heavy (non-hydrogen) atoms. The molecule has 0 aromatic carbocycles. The second kappa shape index (κ2) is 2.77. The first-order valence-electron chi connectivity index (χ1n) is 3.96. The molecule has 1 N–H and O–H groups in total. The number of ketones is 1. The maximum Gasteiger partial charge on any atom is 0.408 e. The lowest BCUT2D eigenvalue weighted by Crippen LogP contribution is -2.53.